The Labute approximate surface area is 211 Å². The van der Waals surface area contributed by atoms with E-state index < -0.39 is 23.5 Å². The summed E-state index contributed by atoms with van der Waals surface area (Å²) in [4.78, 5) is 29.6. The summed E-state index contributed by atoms with van der Waals surface area (Å²) in [5.41, 5.74) is 1.30. The van der Waals surface area contributed by atoms with Crippen molar-refractivity contribution >= 4 is 24.1 Å². The molecular weight excluding hydrogens is 781 g/mol. The number of carbonyl (C=O) groups is 3. The first kappa shape index (κ1) is 27.1. The molecule has 0 aliphatic carbocycles. The Morgan fingerprint density at radius 2 is 1.48 bits per heavy atom. The molecule has 2 aromatic rings. The average Bonchev–Trinajstić information content (AvgIpc) is 3.05. The van der Waals surface area contributed by atoms with Crippen LogP contribution in [0, 0.1) is 6.92 Å². The number of phenols is 2. The molecule has 0 spiro atoms. The second kappa shape index (κ2) is 11.6. The molecule has 1 heterocycles. The van der Waals surface area contributed by atoms with Gasteiger partial charge in [-0.05, 0) is 13.8 Å². The first-order valence-corrected chi connectivity index (χ1v) is 14.4. The van der Waals surface area contributed by atoms with E-state index in [1.807, 2.05) is 31.2 Å². The van der Waals surface area contributed by atoms with Crippen LogP contribution < -0.4 is 16.4 Å². The van der Waals surface area contributed by atoms with Crippen LogP contribution in [0.4, 0.5) is 0 Å². The zero-order valence-corrected chi connectivity index (χ0v) is 28.3. The number of esters is 1. The van der Waals surface area contributed by atoms with Crippen LogP contribution >= 0.6 is 0 Å². The van der Waals surface area contributed by atoms with E-state index in [0.717, 1.165) is 28.0 Å². The first-order chi connectivity index (χ1) is 14.3. The number of carboxylic acid groups (broad SMARTS) is 2. The van der Waals surface area contributed by atoms with Crippen molar-refractivity contribution in [3.63, 3.8) is 0 Å². The van der Waals surface area contributed by atoms with E-state index in [1.54, 1.807) is 12.1 Å². The molecular formula is C21H18Hg2O8. The van der Waals surface area contributed by atoms with Gasteiger partial charge in [0.2, 0.25) is 0 Å². The van der Waals surface area contributed by atoms with E-state index >= 15 is 0 Å². The van der Waals surface area contributed by atoms with Crippen LogP contribution in [-0.4, -0.2) is 28.1 Å². The van der Waals surface area contributed by atoms with Crippen LogP contribution in [0.5, 0.6) is 11.5 Å². The van der Waals surface area contributed by atoms with Crippen molar-refractivity contribution in [3.8, 4) is 11.5 Å². The molecule has 1 aliphatic heterocycles. The minimum atomic E-state index is -1.12. The molecule has 31 heavy (non-hydrogen) atoms. The molecule has 0 amide bonds. The zero-order chi connectivity index (χ0) is 23.9. The number of rotatable bonds is 2. The van der Waals surface area contributed by atoms with E-state index in [4.69, 9.17) is 24.5 Å². The van der Waals surface area contributed by atoms with Gasteiger partial charge in [0.15, 0.2) is 0 Å². The Morgan fingerprint density at radius 3 is 1.90 bits per heavy atom. The Morgan fingerprint density at radius 1 is 1.00 bits per heavy atom. The number of aliphatic carboxylic acids is 2. The number of hydrogen-bond donors (Lipinski definition) is 2. The van der Waals surface area contributed by atoms with Crippen LogP contribution in [-0.2, 0) is 77.0 Å². The quantitative estimate of drug-likeness (QED) is 0.280. The fraction of sp³-hybridized carbons (Fsp3) is 0.190. The molecule has 2 aromatic carbocycles. The number of aromatic hydroxyl groups is 2. The molecule has 1 atom stereocenters. The maximum atomic E-state index is 11.8. The van der Waals surface area contributed by atoms with E-state index in [2.05, 4.69) is 0 Å². The minimum absolute atomic E-state index is 0.0416. The number of benzene rings is 2. The second-order valence-corrected chi connectivity index (χ2v) is 12.3. The molecule has 10 heteroatoms. The van der Waals surface area contributed by atoms with Gasteiger partial charge in [-0.3, -0.25) is 0 Å². The summed E-state index contributed by atoms with van der Waals surface area (Å²) in [7, 11) is 0. The molecule has 0 aromatic heterocycles. The number of phenolic OH excluding ortho intramolecular Hbond substituents is 2. The number of cyclic esters (lactones) is 1. The molecule has 0 bridgehead atoms. The maximum absolute atomic E-state index is 11.8. The Kier molecular flexibility index (Phi) is 10.2. The van der Waals surface area contributed by atoms with Gasteiger partial charge in [0.05, 0.1) is 0 Å². The summed E-state index contributed by atoms with van der Waals surface area (Å²) >= 11 is 0.233. The van der Waals surface area contributed by atoms with E-state index in [0.29, 0.717) is 8.64 Å². The summed E-state index contributed by atoms with van der Waals surface area (Å²) in [5.74, 6) is -2.34. The third kappa shape index (κ3) is 7.31. The molecule has 0 radical (unpaired) electrons. The Bertz CT molecular complexity index is 995. The predicted molar refractivity (Wildman–Crippen MR) is 97.6 cm³/mol. The molecule has 0 saturated heterocycles. The van der Waals surface area contributed by atoms with Crippen molar-refractivity contribution < 1.29 is 91.8 Å². The van der Waals surface area contributed by atoms with Gasteiger partial charge in [0.25, 0.3) is 0 Å². The fourth-order valence-electron chi connectivity index (χ4n) is 2.73. The van der Waals surface area contributed by atoms with Gasteiger partial charge in [0, 0.05) is 11.9 Å². The third-order valence-electron chi connectivity index (χ3n) is 4.05. The van der Waals surface area contributed by atoms with Crippen LogP contribution in [0.2, 0.25) is 0 Å². The van der Waals surface area contributed by atoms with E-state index in [9.17, 15) is 15.0 Å². The molecule has 2 N–H and O–H groups in total. The standard InChI is InChI=1S/C17H12O4.2C2H4O2.2Hg/c1-11-2-4-12(5-3-11)17(9-8-16(20)21-17)14-7-6-13(18)10-15(14)19;2*1-2(3)4;;/h2-5,7-9,18-19H,1H3;2*1H3,(H,3,4);;/q;;;2*+1/p-2. The summed E-state index contributed by atoms with van der Waals surface area (Å²) < 4.78 is 7.10. The average molecular weight is 800 g/mol. The SMILES string of the molecule is CC(=O)[O-].CC(=O)[O-].Cc1ccc(C2(c3c[c]([Hg+])c(O)[c]([Hg+])c3O)C=CC(=O)O2)cc1. The van der Waals surface area contributed by atoms with Crippen LogP contribution in [0.25, 0.3) is 0 Å². The third-order valence-corrected chi connectivity index (χ3v) is 8.74. The number of hydrogen-bond acceptors (Lipinski definition) is 8. The van der Waals surface area contributed by atoms with Gasteiger partial charge in [-0.15, -0.1) is 0 Å². The Hall–Kier alpha value is -1.94. The van der Waals surface area contributed by atoms with E-state index in [-0.39, 0.29) is 63.7 Å². The van der Waals surface area contributed by atoms with Gasteiger partial charge in [-0.1, -0.05) is 0 Å². The van der Waals surface area contributed by atoms with Crippen molar-refractivity contribution in [3.05, 3.63) is 59.2 Å². The Balaban J connectivity index is 0.000000519. The van der Waals surface area contributed by atoms with Gasteiger partial charge < -0.3 is 19.8 Å². The predicted octanol–water partition coefficient (Wildman–Crippen LogP) is -1.38. The van der Waals surface area contributed by atoms with Gasteiger partial charge in [-0.2, -0.15) is 0 Å². The summed E-state index contributed by atoms with van der Waals surface area (Å²) in [6, 6.07) is 9.47. The van der Waals surface area contributed by atoms with E-state index in [1.165, 1.54) is 6.08 Å². The molecule has 3 rings (SSSR count). The normalized spacial score (nSPS) is 16.4. The summed E-state index contributed by atoms with van der Waals surface area (Å²) in [6.07, 6.45) is 3.08. The molecule has 8 nitrogen and oxygen atoms in total. The number of aryl methyl sites for hydroxylation is 1. The summed E-state index contributed by atoms with van der Waals surface area (Å²) in [6.45, 7) is 3.93. The van der Waals surface area contributed by atoms with Crippen molar-refractivity contribution in [2.24, 2.45) is 0 Å². The van der Waals surface area contributed by atoms with Crippen LogP contribution in [0.1, 0.15) is 30.5 Å². The monoisotopic (exact) mass is 802 g/mol. The van der Waals surface area contributed by atoms with Crippen LogP contribution in [0.15, 0.2) is 42.5 Å². The van der Waals surface area contributed by atoms with Crippen molar-refractivity contribution in [2.45, 2.75) is 26.4 Å². The molecule has 154 valence electrons. The molecule has 1 unspecified atom stereocenters. The molecule has 0 saturated carbocycles. The second-order valence-electron chi connectivity index (χ2n) is 6.60. The van der Waals surface area contributed by atoms with Crippen LogP contribution in [0.3, 0.4) is 0 Å². The van der Waals surface area contributed by atoms with Crippen molar-refractivity contribution in [1.29, 1.82) is 0 Å². The fourth-order valence-corrected chi connectivity index (χ4v) is 9.76. The molecule has 1 aliphatic rings. The summed E-state index contributed by atoms with van der Waals surface area (Å²) in [5, 5.41) is 38.5. The van der Waals surface area contributed by atoms with Gasteiger partial charge in [-0.25, -0.2) is 0 Å². The molecule has 0 fully saturated rings. The topological polar surface area (TPSA) is 147 Å². The zero-order valence-electron chi connectivity index (χ0n) is 17.3. The van der Waals surface area contributed by atoms with Crippen molar-refractivity contribution in [2.75, 3.05) is 0 Å². The number of carboxylic acids is 2. The number of carbonyl (C=O) groups excluding carboxylic acids is 3. The number of ether oxygens (including phenoxy) is 1. The van der Waals surface area contributed by atoms with Gasteiger partial charge in [0.1, 0.15) is 0 Å². The van der Waals surface area contributed by atoms with Crippen molar-refractivity contribution in [1.82, 2.24) is 0 Å². The van der Waals surface area contributed by atoms with Gasteiger partial charge >= 0.3 is 167 Å². The first-order valence-electron chi connectivity index (χ1n) is 8.89.